The first-order valence-corrected chi connectivity index (χ1v) is 4.41. The summed E-state index contributed by atoms with van der Waals surface area (Å²) in [5.41, 5.74) is 0.990. The molecule has 0 N–H and O–H groups in total. The summed E-state index contributed by atoms with van der Waals surface area (Å²) in [7, 11) is 0. The third-order valence-electron chi connectivity index (χ3n) is 2.73. The fourth-order valence-electron chi connectivity index (χ4n) is 1.82. The predicted octanol–water partition coefficient (Wildman–Crippen LogP) is 2.36. The Kier molecular flexibility index (Phi) is 1.72. The average molecular weight is 178 g/mol. The summed E-state index contributed by atoms with van der Waals surface area (Å²) in [6.07, 6.45) is 2.47. The maximum atomic E-state index is 13.4. The SMILES string of the molecule is Cc1cccc(F)c1C1(C=O)CC1. The van der Waals surface area contributed by atoms with Crippen LogP contribution in [0.15, 0.2) is 18.2 Å². The number of hydrogen-bond donors (Lipinski definition) is 0. The zero-order valence-electron chi connectivity index (χ0n) is 7.51. The molecule has 0 aliphatic heterocycles. The fourth-order valence-corrected chi connectivity index (χ4v) is 1.82. The van der Waals surface area contributed by atoms with E-state index in [4.69, 9.17) is 0 Å². The molecule has 1 nitrogen and oxygen atoms in total. The standard InChI is InChI=1S/C11H11FO/c1-8-3-2-4-9(12)10(8)11(7-13)5-6-11/h2-4,7H,5-6H2,1H3. The van der Waals surface area contributed by atoms with Crippen LogP contribution < -0.4 is 0 Å². The quantitative estimate of drug-likeness (QED) is 0.635. The lowest BCUT2D eigenvalue weighted by molar-refractivity contribution is -0.109. The van der Waals surface area contributed by atoms with Gasteiger partial charge in [0.1, 0.15) is 12.1 Å². The van der Waals surface area contributed by atoms with Crippen LogP contribution >= 0.6 is 0 Å². The lowest BCUT2D eigenvalue weighted by atomic mass is 9.93. The van der Waals surface area contributed by atoms with E-state index in [2.05, 4.69) is 0 Å². The van der Waals surface area contributed by atoms with Crippen molar-refractivity contribution in [3.8, 4) is 0 Å². The highest BCUT2D eigenvalue weighted by Gasteiger charge is 2.46. The number of aryl methyl sites for hydroxylation is 1. The summed E-state index contributed by atoms with van der Waals surface area (Å²) >= 11 is 0. The molecule has 2 rings (SSSR count). The van der Waals surface area contributed by atoms with Crippen molar-refractivity contribution in [1.82, 2.24) is 0 Å². The normalized spacial score (nSPS) is 18.3. The van der Waals surface area contributed by atoms with Crippen LogP contribution in [0, 0.1) is 12.7 Å². The van der Waals surface area contributed by atoms with Crippen LogP contribution in [0.5, 0.6) is 0 Å². The number of rotatable bonds is 2. The summed E-state index contributed by atoms with van der Waals surface area (Å²) in [6, 6.07) is 4.95. The number of benzene rings is 1. The van der Waals surface area contributed by atoms with Crippen LogP contribution in [-0.2, 0) is 10.2 Å². The summed E-state index contributed by atoms with van der Waals surface area (Å²) in [6.45, 7) is 1.85. The number of carbonyl (C=O) groups is 1. The largest absolute Gasteiger partial charge is 0.302 e. The molecule has 0 bridgehead atoms. The summed E-state index contributed by atoms with van der Waals surface area (Å²) in [4.78, 5) is 10.8. The van der Waals surface area contributed by atoms with Gasteiger partial charge in [-0.1, -0.05) is 12.1 Å². The average Bonchev–Trinajstić information content (AvgIpc) is 2.85. The van der Waals surface area contributed by atoms with Crippen molar-refractivity contribution in [2.45, 2.75) is 25.2 Å². The van der Waals surface area contributed by atoms with Gasteiger partial charge >= 0.3 is 0 Å². The molecule has 0 heterocycles. The van der Waals surface area contributed by atoms with Gasteiger partial charge in [-0.05, 0) is 31.4 Å². The van der Waals surface area contributed by atoms with Crippen molar-refractivity contribution in [2.24, 2.45) is 0 Å². The van der Waals surface area contributed by atoms with Crippen molar-refractivity contribution in [3.63, 3.8) is 0 Å². The van der Waals surface area contributed by atoms with Gasteiger partial charge < -0.3 is 4.79 Å². The molecule has 0 saturated heterocycles. The second-order valence-electron chi connectivity index (χ2n) is 3.71. The van der Waals surface area contributed by atoms with E-state index in [9.17, 15) is 9.18 Å². The molecule has 0 spiro atoms. The Morgan fingerprint density at radius 2 is 2.15 bits per heavy atom. The van der Waals surface area contributed by atoms with Crippen molar-refractivity contribution in [1.29, 1.82) is 0 Å². The highest BCUT2D eigenvalue weighted by molar-refractivity contribution is 5.74. The number of aldehydes is 1. The molecule has 0 radical (unpaired) electrons. The van der Waals surface area contributed by atoms with Crippen LogP contribution in [0.1, 0.15) is 24.0 Å². The maximum absolute atomic E-state index is 13.4. The van der Waals surface area contributed by atoms with E-state index in [1.54, 1.807) is 6.07 Å². The Balaban J connectivity index is 2.56. The Bertz CT molecular complexity index is 333. The molecule has 0 unspecified atom stereocenters. The van der Waals surface area contributed by atoms with Gasteiger partial charge in [0.2, 0.25) is 0 Å². The van der Waals surface area contributed by atoms with E-state index < -0.39 is 5.41 Å². The third kappa shape index (κ3) is 1.17. The van der Waals surface area contributed by atoms with E-state index in [1.807, 2.05) is 13.0 Å². The Morgan fingerprint density at radius 1 is 1.46 bits per heavy atom. The minimum absolute atomic E-state index is 0.246. The van der Waals surface area contributed by atoms with Gasteiger partial charge in [-0.25, -0.2) is 4.39 Å². The molecule has 1 aromatic carbocycles. The second kappa shape index (κ2) is 2.66. The van der Waals surface area contributed by atoms with Crippen LogP contribution in [0.4, 0.5) is 4.39 Å². The van der Waals surface area contributed by atoms with Gasteiger partial charge in [-0.15, -0.1) is 0 Å². The second-order valence-corrected chi connectivity index (χ2v) is 3.71. The summed E-state index contributed by atoms with van der Waals surface area (Å²) in [5, 5.41) is 0. The number of hydrogen-bond acceptors (Lipinski definition) is 1. The van der Waals surface area contributed by atoms with Gasteiger partial charge in [0.05, 0.1) is 5.41 Å². The summed E-state index contributed by atoms with van der Waals surface area (Å²) in [5.74, 6) is -0.246. The Morgan fingerprint density at radius 3 is 2.62 bits per heavy atom. The van der Waals surface area contributed by atoms with E-state index in [-0.39, 0.29) is 5.82 Å². The molecule has 1 fully saturated rings. The molecule has 2 heteroatoms. The van der Waals surface area contributed by atoms with Gasteiger partial charge in [0, 0.05) is 5.56 Å². The molecular weight excluding hydrogens is 167 g/mol. The third-order valence-corrected chi connectivity index (χ3v) is 2.73. The predicted molar refractivity (Wildman–Crippen MR) is 48.1 cm³/mol. The smallest absolute Gasteiger partial charge is 0.130 e. The van der Waals surface area contributed by atoms with Gasteiger partial charge in [0.25, 0.3) is 0 Å². The van der Waals surface area contributed by atoms with E-state index >= 15 is 0 Å². The van der Waals surface area contributed by atoms with Crippen molar-refractivity contribution in [3.05, 3.63) is 35.1 Å². The molecule has 1 saturated carbocycles. The highest BCUT2D eigenvalue weighted by Crippen LogP contribution is 2.48. The molecular formula is C11H11FO. The Hall–Kier alpha value is -1.18. The number of carbonyl (C=O) groups excluding carboxylic acids is 1. The molecule has 1 aliphatic rings. The maximum Gasteiger partial charge on any atom is 0.130 e. The first-order chi connectivity index (χ1) is 6.19. The van der Waals surface area contributed by atoms with Crippen LogP contribution in [-0.4, -0.2) is 6.29 Å². The summed E-state index contributed by atoms with van der Waals surface area (Å²) < 4.78 is 13.4. The molecule has 0 atom stereocenters. The van der Waals surface area contributed by atoms with Gasteiger partial charge in [0.15, 0.2) is 0 Å². The lowest BCUT2D eigenvalue weighted by Crippen LogP contribution is -2.12. The van der Waals surface area contributed by atoms with Gasteiger partial charge in [-0.3, -0.25) is 0 Å². The molecule has 0 amide bonds. The molecule has 1 aromatic rings. The molecule has 0 aromatic heterocycles. The first-order valence-electron chi connectivity index (χ1n) is 4.41. The zero-order valence-corrected chi connectivity index (χ0v) is 7.51. The minimum Gasteiger partial charge on any atom is -0.302 e. The number of halogens is 1. The topological polar surface area (TPSA) is 17.1 Å². The van der Waals surface area contributed by atoms with E-state index in [0.29, 0.717) is 5.56 Å². The molecule has 1 aliphatic carbocycles. The van der Waals surface area contributed by atoms with Crippen LogP contribution in [0.25, 0.3) is 0 Å². The Labute approximate surface area is 76.6 Å². The van der Waals surface area contributed by atoms with Crippen molar-refractivity contribution < 1.29 is 9.18 Å². The zero-order chi connectivity index (χ0) is 9.47. The molecule has 68 valence electrons. The van der Waals surface area contributed by atoms with E-state index in [1.165, 1.54) is 6.07 Å². The lowest BCUT2D eigenvalue weighted by Gasteiger charge is -2.11. The van der Waals surface area contributed by atoms with Crippen molar-refractivity contribution in [2.75, 3.05) is 0 Å². The van der Waals surface area contributed by atoms with Crippen molar-refractivity contribution >= 4 is 6.29 Å². The highest BCUT2D eigenvalue weighted by atomic mass is 19.1. The fraction of sp³-hybridized carbons (Fsp3) is 0.364. The van der Waals surface area contributed by atoms with Gasteiger partial charge in [-0.2, -0.15) is 0 Å². The van der Waals surface area contributed by atoms with Crippen LogP contribution in [0.3, 0.4) is 0 Å². The first kappa shape index (κ1) is 8.42. The monoisotopic (exact) mass is 178 g/mol. The minimum atomic E-state index is -0.491. The van der Waals surface area contributed by atoms with E-state index in [0.717, 1.165) is 24.7 Å². The molecule has 13 heavy (non-hydrogen) atoms. The van der Waals surface area contributed by atoms with Crippen LogP contribution in [0.2, 0.25) is 0 Å².